The zero-order valence-electron chi connectivity index (χ0n) is 16.4. The van der Waals surface area contributed by atoms with E-state index in [0.717, 1.165) is 25.2 Å². The van der Waals surface area contributed by atoms with Crippen molar-refractivity contribution in [2.24, 2.45) is 5.92 Å². The molecule has 0 radical (unpaired) electrons. The lowest BCUT2D eigenvalue weighted by molar-refractivity contribution is -0.140. The Morgan fingerprint density at radius 2 is 1.80 bits per heavy atom. The number of carbonyl (C=O) groups excluding carboxylic acids is 2. The summed E-state index contributed by atoms with van der Waals surface area (Å²) in [6.45, 7) is 2.27. The molecule has 4 heterocycles. The van der Waals surface area contributed by atoms with Crippen LogP contribution in [0.4, 0.5) is 18.0 Å². The van der Waals surface area contributed by atoms with Crippen molar-refractivity contribution in [3.8, 4) is 0 Å². The van der Waals surface area contributed by atoms with E-state index in [1.807, 2.05) is 0 Å². The molecule has 1 N–H and O–H groups in total. The van der Waals surface area contributed by atoms with Crippen LogP contribution in [0.1, 0.15) is 30.7 Å². The number of hydrogen-bond acceptors (Lipinski definition) is 5. The number of likely N-dealkylation sites (tertiary alicyclic amines) is 2. The lowest BCUT2D eigenvalue weighted by atomic mass is 9.93. The molecule has 164 valence electrons. The monoisotopic (exact) mass is 427 g/mol. The van der Waals surface area contributed by atoms with Crippen LogP contribution < -0.4 is 5.32 Å². The highest BCUT2D eigenvalue weighted by atomic mass is 19.4. The van der Waals surface area contributed by atoms with E-state index in [1.54, 1.807) is 9.80 Å². The fourth-order valence-electron chi connectivity index (χ4n) is 4.27. The van der Waals surface area contributed by atoms with Gasteiger partial charge in [-0.3, -0.25) is 4.79 Å². The van der Waals surface area contributed by atoms with Crippen molar-refractivity contribution < 1.29 is 27.5 Å². The highest BCUT2D eigenvalue weighted by Crippen LogP contribution is 2.28. The fourth-order valence-corrected chi connectivity index (χ4v) is 4.27. The maximum Gasteiger partial charge on any atom is 0.419 e. The highest BCUT2D eigenvalue weighted by Gasteiger charge is 2.38. The number of nitrogens with zero attached hydrogens (tertiary/aromatic N) is 4. The van der Waals surface area contributed by atoms with Gasteiger partial charge in [0.05, 0.1) is 17.7 Å². The average Bonchev–Trinajstić information content (AvgIpc) is 2.73. The Morgan fingerprint density at radius 1 is 1.13 bits per heavy atom. The number of fused-ring (bicyclic) bond motifs is 1. The Morgan fingerprint density at radius 3 is 2.47 bits per heavy atom. The molecule has 4 rings (SSSR count). The molecule has 3 aliphatic heterocycles. The molecule has 3 aliphatic rings. The Bertz CT molecular complexity index is 781. The summed E-state index contributed by atoms with van der Waals surface area (Å²) in [4.78, 5) is 35.7. The first kappa shape index (κ1) is 20.8. The van der Waals surface area contributed by atoms with Crippen molar-refractivity contribution in [2.75, 3.05) is 32.8 Å². The molecule has 8 nitrogen and oxygen atoms in total. The summed E-state index contributed by atoms with van der Waals surface area (Å²) >= 11 is 0. The maximum atomic E-state index is 12.9. The van der Waals surface area contributed by atoms with Gasteiger partial charge in [0.15, 0.2) is 0 Å². The van der Waals surface area contributed by atoms with Crippen LogP contribution in [0.25, 0.3) is 0 Å². The van der Waals surface area contributed by atoms with Crippen molar-refractivity contribution in [3.63, 3.8) is 0 Å². The van der Waals surface area contributed by atoms with E-state index in [0.29, 0.717) is 44.8 Å². The summed E-state index contributed by atoms with van der Waals surface area (Å²) in [5.41, 5.74) is -0.852. The van der Waals surface area contributed by atoms with Crippen LogP contribution in [0.3, 0.4) is 0 Å². The van der Waals surface area contributed by atoms with Crippen LogP contribution in [0.15, 0.2) is 12.4 Å². The van der Waals surface area contributed by atoms with Gasteiger partial charge in [0.2, 0.25) is 5.91 Å². The molecule has 2 atom stereocenters. The molecular weight excluding hydrogens is 403 g/mol. The smallest absolute Gasteiger partial charge is 0.366 e. The first-order valence-corrected chi connectivity index (χ1v) is 10.1. The number of piperidine rings is 2. The second-order valence-electron chi connectivity index (χ2n) is 8.06. The number of nitrogens with one attached hydrogen (secondary N) is 1. The third-order valence-electron chi connectivity index (χ3n) is 5.98. The van der Waals surface area contributed by atoms with E-state index >= 15 is 0 Å². The molecule has 30 heavy (non-hydrogen) atoms. The number of morpholine rings is 1. The maximum absolute atomic E-state index is 12.9. The molecule has 0 saturated carbocycles. The third kappa shape index (κ3) is 4.66. The van der Waals surface area contributed by atoms with Gasteiger partial charge in [-0.25, -0.2) is 14.8 Å². The molecule has 0 aliphatic carbocycles. The Labute approximate surface area is 171 Å². The lowest BCUT2D eigenvalue weighted by Crippen LogP contribution is -2.62. The van der Waals surface area contributed by atoms with Crippen LogP contribution in [0.5, 0.6) is 0 Å². The van der Waals surface area contributed by atoms with E-state index in [-0.39, 0.29) is 36.6 Å². The van der Waals surface area contributed by atoms with Crippen molar-refractivity contribution in [3.05, 3.63) is 23.8 Å². The minimum Gasteiger partial charge on any atom is -0.366 e. The molecule has 3 saturated heterocycles. The molecule has 1 aromatic rings. The average molecular weight is 427 g/mol. The third-order valence-corrected chi connectivity index (χ3v) is 5.98. The van der Waals surface area contributed by atoms with Gasteiger partial charge in [0.25, 0.3) is 0 Å². The van der Waals surface area contributed by atoms with Crippen LogP contribution in [0.2, 0.25) is 0 Å². The second kappa shape index (κ2) is 8.37. The number of hydrogen-bond donors (Lipinski definition) is 1. The Kier molecular flexibility index (Phi) is 5.81. The van der Waals surface area contributed by atoms with Crippen LogP contribution in [-0.2, 0) is 22.1 Å². The minimum atomic E-state index is -4.44. The Balaban J connectivity index is 1.26. The van der Waals surface area contributed by atoms with Gasteiger partial charge < -0.3 is 19.9 Å². The summed E-state index contributed by atoms with van der Waals surface area (Å²) in [6.07, 6.45) is -0.162. The number of aromatic nitrogens is 2. The van der Waals surface area contributed by atoms with E-state index in [9.17, 15) is 22.8 Å². The largest absolute Gasteiger partial charge is 0.419 e. The van der Waals surface area contributed by atoms with E-state index < -0.39 is 11.7 Å². The summed E-state index contributed by atoms with van der Waals surface area (Å²) in [7, 11) is 0. The standard InChI is InChI=1S/C19H24F3N5O3/c20-19(21,22)13-8-23-16(24-9-13)7-12-1-4-26(5-2-12)18(29)27-6-3-15-14(10-27)25-17(28)11-30-15/h8-9,12,14-15H,1-7,10-11H2,(H,25,28)/t14-,15+/m1/s1. The van der Waals surface area contributed by atoms with Gasteiger partial charge in [-0.05, 0) is 25.2 Å². The molecule has 0 spiro atoms. The van der Waals surface area contributed by atoms with Crippen LogP contribution in [-0.4, -0.2) is 76.6 Å². The van der Waals surface area contributed by atoms with Gasteiger partial charge in [-0.2, -0.15) is 13.2 Å². The zero-order valence-corrected chi connectivity index (χ0v) is 16.4. The summed E-state index contributed by atoms with van der Waals surface area (Å²) < 4.78 is 43.4. The lowest BCUT2D eigenvalue weighted by Gasteiger charge is -2.43. The minimum absolute atomic E-state index is 0.0405. The van der Waals surface area contributed by atoms with Gasteiger partial charge in [-0.15, -0.1) is 0 Å². The zero-order chi connectivity index (χ0) is 21.3. The molecule has 1 aromatic heterocycles. The van der Waals surface area contributed by atoms with Gasteiger partial charge in [-0.1, -0.05) is 0 Å². The number of ether oxygens (including phenoxy) is 1. The van der Waals surface area contributed by atoms with Crippen molar-refractivity contribution in [1.29, 1.82) is 0 Å². The highest BCUT2D eigenvalue weighted by molar-refractivity contribution is 5.79. The normalized spacial score (nSPS) is 25.6. The molecule has 0 aromatic carbocycles. The summed E-state index contributed by atoms with van der Waals surface area (Å²) in [5, 5.41) is 2.89. The van der Waals surface area contributed by atoms with Crippen LogP contribution >= 0.6 is 0 Å². The molecular formula is C19H24F3N5O3. The SMILES string of the molecule is O=C1CO[C@H]2CCN(C(=O)N3CCC(Cc4ncc(C(F)(F)F)cn4)CC3)C[C@H]2N1. The molecule has 0 bridgehead atoms. The van der Waals surface area contributed by atoms with E-state index in [4.69, 9.17) is 4.74 Å². The second-order valence-corrected chi connectivity index (χ2v) is 8.06. The quantitative estimate of drug-likeness (QED) is 0.772. The summed E-state index contributed by atoms with van der Waals surface area (Å²) in [5.74, 6) is 0.460. The van der Waals surface area contributed by atoms with Gasteiger partial charge in [0, 0.05) is 45.0 Å². The number of amides is 3. The molecule has 11 heteroatoms. The number of rotatable bonds is 2. The van der Waals surface area contributed by atoms with Gasteiger partial charge >= 0.3 is 12.2 Å². The van der Waals surface area contributed by atoms with Crippen LogP contribution in [0, 0.1) is 5.92 Å². The van der Waals surface area contributed by atoms with Crippen molar-refractivity contribution in [1.82, 2.24) is 25.1 Å². The number of alkyl halides is 3. The predicted molar refractivity (Wildman–Crippen MR) is 98.3 cm³/mol. The molecule has 3 fully saturated rings. The predicted octanol–water partition coefficient (Wildman–Crippen LogP) is 1.46. The van der Waals surface area contributed by atoms with Crippen molar-refractivity contribution >= 4 is 11.9 Å². The summed E-state index contributed by atoms with van der Waals surface area (Å²) in [6, 6.07) is -0.212. The first-order chi connectivity index (χ1) is 14.3. The van der Waals surface area contributed by atoms with Gasteiger partial charge in [0.1, 0.15) is 12.4 Å². The first-order valence-electron chi connectivity index (χ1n) is 10.1. The molecule has 0 unspecified atom stereocenters. The van der Waals surface area contributed by atoms with Crippen molar-refractivity contribution in [2.45, 2.75) is 44.0 Å². The number of urea groups is 1. The number of carbonyl (C=O) groups is 2. The van der Waals surface area contributed by atoms with E-state index in [2.05, 4.69) is 15.3 Å². The topological polar surface area (TPSA) is 87.7 Å². The Hall–Kier alpha value is -2.43. The number of halogens is 3. The molecule has 3 amide bonds. The fraction of sp³-hybridized carbons (Fsp3) is 0.684. The van der Waals surface area contributed by atoms with E-state index in [1.165, 1.54) is 0 Å².